The smallest absolute Gasteiger partial charge is 0.387 e. The number of hydrogen-bond donors (Lipinski definition) is 0. The molecule has 9 nitrogen and oxygen atoms in total. The molecule has 0 radical (unpaired) electrons. The molecule has 0 aliphatic heterocycles. The Morgan fingerprint density at radius 3 is 2.24 bits per heavy atom. The van der Waals surface area contributed by atoms with Crippen LogP contribution in [0.4, 0.5) is 8.78 Å². The average molecular weight is 416 g/mol. The fourth-order valence-corrected chi connectivity index (χ4v) is 3.31. The first-order valence-electron chi connectivity index (χ1n) is 8.41. The summed E-state index contributed by atoms with van der Waals surface area (Å²) in [5, 5.41) is 24.1. The molecule has 0 fully saturated rings. The Kier molecular flexibility index (Phi) is 5.42. The lowest BCUT2D eigenvalue weighted by molar-refractivity contribution is -0.0498. The Hall–Kier alpha value is -3.41. The van der Waals surface area contributed by atoms with Crippen LogP contribution in [0, 0.1) is 6.92 Å². The molecule has 0 bridgehead atoms. The van der Waals surface area contributed by atoms with Gasteiger partial charge in [-0.15, -0.1) is 10.2 Å². The Morgan fingerprint density at radius 2 is 1.52 bits per heavy atom. The molecule has 0 N–H and O–H groups in total. The zero-order valence-corrected chi connectivity index (χ0v) is 15.9. The van der Waals surface area contributed by atoms with Crippen molar-refractivity contribution in [3.63, 3.8) is 0 Å². The number of ether oxygens (including phenoxy) is 1. The van der Waals surface area contributed by atoms with Crippen LogP contribution in [0.25, 0.3) is 11.4 Å². The van der Waals surface area contributed by atoms with Gasteiger partial charge in [0.2, 0.25) is 5.16 Å². The number of hydrogen-bond acceptors (Lipinski definition) is 8. The van der Waals surface area contributed by atoms with Gasteiger partial charge >= 0.3 is 6.61 Å². The molecule has 0 aliphatic rings. The van der Waals surface area contributed by atoms with Crippen molar-refractivity contribution in [3.8, 4) is 17.1 Å². The van der Waals surface area contributed by atoms with Crippen molar-refractivity contribution in [2.75, 3.05) is 0 Å². The Morgan fingerprint density at radius 1 is 0.897 bits per heavy atom. The number of halogens is 2. The summed E-state index contributed by atoms with van der Waals surface area (Å²) in [4.78, 5) is 0. The lowest BCUT2D eigenvalue weighted by Gasteiger charge is -2.07. The van der Waals surface area contributed by atoms with Gasteiger partial charge in [-0.2, -0.15) is 18.1 Å². The van der Waals surface area contributed by atoms with Crippen LogP contribution in [-0.4, -0.2) is 47.0 Å². The summed E-state index contributed by atoms with van der Waals surface area (Å²) in [5.74, 6) is 1.01. The molecule has 2 aromatic carbocycles. The molecule has 2 aromatic heterocycles. The summed E-state index contributed by atoms with van der Waals surface area (Å²) in [6, 6.07) is 13.9. The Bertz CT molecular complexity index is 1080. The molecule has 4 rings (SSSR count). The quantitative estimate of drug-likeness (QED) is 0.424. The van der Waals surface area contributed by atoms with Crippen molar-refractivity contribution in [3.05, 3.63) is 59.9 Å². The van der Waals surface area contributed by atoms with Crippen LogP contribution < -0.4 is 4.74 Å². The third-order valence-corrected chi connectivity index (χ3v) is 4.81. The van der Waals surface area contributed by atoms with Crippen molar-refractivity contribution < 1.29 is 13.5 Å². The molecular formula is C17H14F2N8OS. The minimum atomic E-state index is -2.87. The van der Waals surface area contributed by atoms with E-state index in [1.165, 1.54) is 28.6 Å². The number of benzene rings is 2. The SMILES string of the molecule is Cc1ccc(-n2nnnc2SCc2nnnn2-c2ccc(OC(F)F)cc2)cc1. The molecular weight excluding hydrogens is 402 g/mol. The lowest BCUT2D eigenvalue weighted by Crippen LogP contribution is -2.05. The molecule has 0 saturated carbocycles. The maximum Gasteiger partial charge on any atom is 0.387 e. The molecule has 0 saturated heterocycles. The van der Waals surface area contributed by atoms with Crippen molar-refractivity contribution in [1.29, 1.82) is 0 Å². The summed E-state index contributed by atoms with van der Waals surface area (Å²) in [7, 11) is 0. The van der Waals surface area contributed by atoms with Crippen LogP contribution in [-0.2, 0) is 5.75 Å². The Labute approximate surface area is 167 Å². The first-order chi connectivity index (χ1) is 14.1. The standard InChI is InChI=1S/C17H14F2N8OS/c1-11-2-4-13(5-3-11)27-17(21-23-25-27)29-10-15-20-22-24-26(15)12-6-8-14(9-7-12)28-16(18)19/h2-9,16H,10H2,1H3. The van der Waals surface area contributed by atoms with E-state index in [1.54, 1.807) is 16.8 Å². The second-order valence-corrected chi connectivity index (χ2v) is 6.82. The van der Waals surface area contributed by atoms with Gasteiger partial charge in [0, 0.05) is 0 Å². The van der Waals surface area contributed by atoms with E-state index < -0.39 is 6.61 Å². The molecule has 0 atom stereocenters. The van der Waals surface area contributed by atoms with E-state index in [0.717, 1.165) is 11.3 Å². The second kappa shape index (κ2) is 8.31. The molecule has 29 heavy (non-hydrogen) atoms. The highest BCUT2D eigenvalue weighted by Gasteiger charge is 2.14. The molecule has 2 heterocycles. The van der Waals surface area contributed by atoms with Crippen LogP contribution in [0.3, 0.4) is 0 Å². The summed E-state index contributed by atoms with van der Waals surface area (Å²) in [6.07, 6.45) is 0. The fourth-order valence-electron chi connectivity index (χ4n) is 2.51. The fraction of sp³-hybridized carbons (Fsp3) is 0.176. The molecule has 0 unspecified atom stereocenters. The summed E-state index contributed by atoms with van der Waals surface area (Å²) >= 11 is 1.37. The van der Waals surface area contributed by atoms with E-state index in [2.05, 4.69) is 35.8 Å². The maximum atomic E-state index is 12.3. The number of tetrazole rings is 2. The molecule has 4 aromatic rings. The number of rotatable bonds is 7. The number of nitrogens with zero attached hydrogens (tertiary/aromatic N) is 8. The minimum Gasteiger partial charge on any atom is -0.435 e. The number of thioether (sulfide) groups is 1. The third-order valence-electron chi connectivity index (χ3n) is 3.89. The number of aryl methyl sites for hydroxylation is 1. The molecule has 0 amide bonds. The highest BCUT2D eigenvalue weighted by molar-refractivity contribution is 7.98. The predicted molar refractivity (Wildman–Crippen MR) is 99.2 cm³/mol. The third kappa shape index (κ3) is 4.37. The van der Waals surface area contributed by atoms with Gasteiger partial charge in [-0.05, 0) is 64.2 Å². The van der Waals surface area contributed by atoms with Gasteiger partial charge in [0.15, 0.2) is 5.82 Å². The zero-order chi connectivity index (χ0) is 20.2. The minimum absolute atomic E-state index is 0.0602. The van der Waals surface area contributed by atoms with Crippen molar-refractivity contribution >= 4 is 11.8 Å². The van der Waals surface area contributed by atoms with E-state index in [0.29, 0.717) is 22.4 Å². The van der Waals surface area contributed by atoms with Crippen molar-refractivity contribution in [1.82, 2.24) is 40.4 Å². The molecule has 0 aliphatic carbocycles. The van der Waals surface area contributed by atoms with Gasteiger partial charge in [-0.1, -0.05) is 29.5 Å². The maximum absolute atomic E-state index is 12.3. The monoisotopic (exact) mass is 416 g/mol. The average Bonchev–Trinajstić information content (AvgIpc) is 3.36. The van der Waals surface area contributed by atoms with E-state index in [1.807, 2.05) is 31.2 Å². The van der Waals surface area contributed by atoms with Gasteiger partial charge in [0.25, 0.3) is 0 Å². The van der Waals surface area contributed by atoms with E-state index in [4.69, 9.17) is 0 Å². The summed E-state index contributed by atoms with van der Waals surface area (Å²) in [5.41, 5.74) is 2.60. The van der Waals surface area contributed by atoms with Crippen molar-refractivity contribution in [2.24, 2.45) is 0 Å². The van der Waals surface area contributed by atoms with Gasteiger partial charge in [-0.3, -0.25) is 0 Å². The topological polar surface area (TPSA) is 96.4 Å². The van der Waals surface area contributed by atoms with Gasteiger partial charge < -0.3 is 4.74 Å². The van der Waals surface area contributed by atoms with Crippen LogP contribution in [0.5, 0.6) is 5.75 Å². The van der Waals surface area contributed by atoms with Crippen LogP contribution in [0.1, 0.15) is 11.4 Å². The van der Waals surface area contributed by atoms with Crippen molar-refractivity contribution in [2.45, 2.75) is 24.4 Å². The van der Waals surface area contributed by atoms with Crippen LogP contribution >= 0.6 is 11.8 Å². The summed E-state index contributed by atoms with van der Waals surface area (Å²) in [6.45, 7) is -0.870. The van der Waals surface area contributed by atoms with Crippen LogP contribution in [0.15, 0.2) is 53.7 Å². The largest absolute Gasteiger partial charge is 0.435 e. The van der Waals surface area contributed by atoms with Crippen LogP contribution in [0.2, 0.25) is 0 Å². The lowest BCUT2D eigenvalue weighted by atomic mass is 10.2. The highest BCUT2D eigenvalue weighted by Crippen LogP contribution is 2.23. The second-order valence-electron chi connectivity index (χ2n) is 5.88. The first-order valence-corrected chi connectivity index (χ1v) is 9.39. The van der Waals surface area contributed by atoms with Gasteiger partial charge in [-0.25, -0.2) is 0 Å². The highest BCUT2D eigenvalue weighted by atomic mass is 32.2. The molecule has 0 spiro atoms. The van der Waals surface area contributed by atoms with E-state index >= 15 is 0 Å². The van der Waals surface area contributed by atoms with E-state index in [9.17, 15) is 8.78 Å². The van der Waals surface area contributed by atoms with Gasteiger partial charge in [0.05, 0.1) is 17.1 Å². The Balaban J connectivity index is 1.49. The number of aromatic nitrogens is 8. The number of alkyl halides is 2. The van der Waals surface area contributed by atoms with E-state index in [-0.39, 0.29) is 5.75 Å². The predicted octanol–water partition coefficient (Wildman–Crippen LogP) is 2.84. The summed E-state index contributed by atoms with van der Waals surface area (Å²) < 4.78 is 32.1. The van der Waals surface area contributed by atoms with Gasteiger partial charge in [0.1, 0.15) is 5.75 Å². The molecule has 148 valence electrons. The zero-order valence-electron chi connectivity index (χ0n) is 15.1. The normalized spacial score (nSPS) is 11.2. The molecule has 12 heteroatoms. The first kappa shape index (κ1) is 18.9.